The average Bonchev–Trinajstić information content (AvgIpc) is 3.19. The minimum Gasteiger partial charge on any atom is -0.493 e. The van der Waals surface area contributed by atoms with Gasteiger partial charge in [-0.05, 0) is 64.3 Å². The monoisotopic (exact) mass is 481 g/mol. The zero-order valence-corrected chi connectivity index (χ0v) is 18.1. The summed E-state index contributed by atoms with van der Waals surface area (Å²) in [7, 11) is 0. The molecule has 1 heterocycles. The van der Waals surface area contributed by atoms with Crippen LogP contribution in [0.2, 0.25) is 0 Å². The molecule has 158 valence electrons. The lowest BCUT2D eigenvalue weighted by Gasteiger charge is -2.09. The summed E-state index contributed by atoms with van der Waals surface area (Å²) in [6, 6.07) is 19.4. The summed E-state index contributed by atoms with van der Waals surface area (Å²) in [5.74, 6) is 0.316. The van der Waals surface area contributed by atoms with Crippen LogP contribution in [0.1, 0.15) is 29.0 Å². The first-order chi connectivity index (χ1) is 15.0. The number of anilines is 2. The van der Waals surface area contributed by atoms with Crippen LogP contribution in [0, 0.1) is 11.3 Å². The van der Waals surface area contributed by atoms with Gasteiger partial charge in [0.1, 0.15) is 5.75 Å². The van der Waals surface area contributed by atoms with E-state index in [1.165, 1.54) is 0 Å². The van der Waals surface area contributed by atoms with Crippen molar-refractivity contribution in [3.63, 3.8) is 0 Å². The Morgan fingerprint density at radius 3 is 2.55 bits per heavy atom. The first-order valence-corrected chi connectivity index (χ1v) is 10.4. The van der Waals surface area contributed by atoms with Crippen molar-refractivity contribution in [1.82, 2.24) is 0 Å². The minimum absolute atomic E-state index is 0.168. The molecule has 0 spiro atoms. The Labute approximate surface area is 188 Å². The molecule has 1 aromatic heterocycles. The molecule has 0 fully saturated rings. The van der Waals surface area contributed by atoms with Crippen LogP contribution in [-0.2, 0) is 11.2 Å². The van der Waals surface area contributed by atoms with E-state index in [1.54, 1.807) is 60.7 Å². The minimum atomic E-state index is -0.356. The third-order valence-electron chi connectivity index (χ3n) is 4.19. The zero-order chi connectivity index (χ0) is 22.1. The van der Waals surface area contributed by atoms with Crippen LogP contribution in [-0.4, -0.2) is 18.4 Å². The van der Waals surface area contributed by atoms with Gasteiger partial charge in [0, 0.05) is 23.9 Å². The second-order valence-electron chi connectivity index (χ2n) is 6.62. The summed E-state index contributed by atoms with van der Waals surface area (Å²) < 4.78 is 11.3. The number of hydrogen-bond donors (Lipinski definition) is 2. The highest BCUT2D eigenvalue weighted by atomic mass is 79.9. The van der Waals surface area contributed by atoms with E-state index in [0.29, 0.717) is 41.2 Å². The molecule has 0 saturated heterocycles. The van der Waals surface area contributed by atoms with Crippen LogP contribution in [0.25, 0.3) is 0 Å². The van der Waals surface area contributed by atoms with Crippen molar-refractivity contribution >= 4 is 39.1 Å². The van der Waals surface area contributed by atoms with E-state index in [0.717, 1.165) is 5.56 Å². The molecule has 0 bridgehead atoms. The van der Waals surface area contributed by atoms with E-state index >= 15 is 0 Å². The first-order valence-electron chi connectivity index (χ1n) is 9.59. The summed E-state index contributed by atoms with van der Waals surface area (Å²) in [4.78, 5) is 24.5. The predicted molar refractivity (Wildman–Crippen MR) is 120 cm³/mol. The second-order valence-corrected chi connectivity index (χ2v) is 7.40. The molecule has 0 saturated carbocycles. The fraction of sp³-hybridized carbons (Fsp3) is 0.174. The van der Waals surface area contributed by atoms with Crippen LogP contribution in [0.5, 0.6) is 5.75 Å². The van der Waals surface area contributed by atoms with Gasteiger partial charge in [0.2, 0.25) is 5.91 Å². The highest BCUT2D eigenvalue weighted by Gasteiger charge is 2.11. The lowest BCUT2D eigenvalue weighted by atomic mass is 10.1. The maximum absolute atomic E-state index is 12.4. The molecule has 8 heteroatoms. The Bertz CT molecular complexity index is 1090. The number of nitrogens with zero attached hydrogens (tertiary/aromatic N) is 1. The van der Waals surface area contributed by atoms with Gasteiger partial charge in [0.25, 0.3) is 5.91 Å². The van der Waals surface area contributed by atoms with Crippen molar-refractivity contribution < 1.29 is 18.7 Å². The molecule has 3 aromatic rings. The molecule has 0 atom stereocenters. The summed E-state index contributed by atoms with van der Waals surface area (Å²) >= 11 is 3.16. The molecular formula is C23H20BrN3O4. The smallest absolute Gasteiger partial charge is 0.291 e. The first kappa shape index (κ1) is 22.1. The van der Waals surface area contributed by atoms with Gasteiger partial charge in [-0.1, -0.05) is 18.2 Å². The molecule has 0 aliphatic carbocycles. The molecule has 0 unspecified atom stereocenters. The number of carbonyl (C=O) groups excluding carboxylic acids is 2. The van der Waals surface area contributed by atoms with Gasteiger partial charge < -0.3 is 19.8 Å². The van der Waals surface area contributed by atoms with E-state index < -0.39 is 0 Å². The number of halogens is 1. The van der Waals surface area contributed by atoms with Crippen LogP contribution in [0.3, 0.4) is 0 Å². The number of amides is 2. The third-order valence-corrected chi connectivity index (χ3v) is 4.62. The Balaban J connectivity index is 1.50. The number of nitrogens with one attached hydrogen (secondary N) is 2. The Kier molecular flexibility index (Phi) is 7.85. The van der Waals surface area contributed by atoms with Gasteiger partial charge in [0.05, 0.1) is 19.1 Å². The SMILES string of the molecule is N#CCCCOc1cccc(NC(=O)Cc2ccc(NC(=O)c3ccc(Br)o3)cc2)c1. The average molecular weight is 482 g/mol. The van der Waals surface area contributed by atoms with Gasteiger partial charge in [0.15, 0.2) is 10.4 Å². The maximum atomic E-state index is 12.4. The number of carbonyl (C=O) groups is 2. The van der Waals surface area contributed by atoms with Gasteiger partial charge in [-0.3, -0.25) is 9.59 Å². The van der Waals surface area contributed by atoms with Crippen molar-refractivity contribution in [3.8, 4) is 11.8 Å². The van der Waals surface area contributed by atoms with Crippen LogP contribution in [0.15, 0.2) is 69.8 Å². The highest BCUT2D eigenvalue weighted by molar-refractivity contribution is 9.10. The van der Waals surface area contributed by atoms with Gasteiger partial charge in [-0.15, -0.1) is 0 Å². The molecule has 7 nitrogen and oxygen atoms in total. The normalized spacial score (nSPS) is 10.2. The highest BCUT2D eigenvalue weighted by Crippen LogP contribution is 2.19. The van der Waals surface area contributed by atoms with Crippen LogP contribution in [0.4, 0.5) is 11.4 Å². The Morgan fingerprint density at radius 2 is 1.84 bits per heavy atom. The Morgan fingerprint density at radius 1 is 1.03 bits per heavy atom. The number of nitriles is 1. The molecule has 2 amide bonds. The van der Waals surface area contributed by atoms with E-state index in [9.17, 15) is 9.59 Å². The van der Waals surface area contributed by atoms with Crippen molar-refractivity contribution in [3.05, 3.63) is 76.7 Å². The largest absolute Gasteiger partial charge is 0.493 e. The molecule has 3 rings (SSSR count). The zero-order valence-electron chi connectivity index (χ0n) is 16.6. The predicted octanol–water partition coefficient (Wildman–Crippen LogP) is 5.16. The van der Waals surface area contributed by atoms with Crippen molar-refractivity contribution in [1.29, 1.82) is 5.26 Å². The molecule has 31 heavy (non-hydrogen) atoms. The molecular weight excluding hydrogens is 462 g/mol. The number of furan rings is 1. The lowest BCUT2D eigenvalue weighted by molar-refractivity contribution is -0.115. The van der Waals surface area contributed by atoms with E-state index in [4.69, 9.17) is 14.4 Å². The van der Waals surface area contributed by atoms with Crippen molar-refractivity contribution in [2.75, 3.05) is 17.2 Å². The summed E-state index contributed by atoms with van der Waals surface area (Å²) in [5.41, 5.74) is 2.04. The standard InChI is InChI=1S/C23H20BrN3O4/c24-21-11-10-20(31-21)23(29)27-17-8-6-16(7-9-17)14-22(28)26-18-4-3-5-19(15-18)30-13-2-1-12-25/h3-11,15H,1-2,13-14H2,(H,26,28)(H,27,29). The second kappa shape index (κ2) is 11.0. The van der Waals surface area contributed by atoms with E-state index in [2.05, 4.69) is 32.6 Å². The van der Waals surface area contributed by atoms with E-state index in [1.807, 2.05) is 0 Å². The molecule has 0 aliphatic heterocycles. The fourth-order valence-electron chi connectivity index (χ4n) is 2.73. The molecule has 2 N–H and O–H groups in total. The summed E-state index contributed by atoms with van der Waals surface area (Å²) in [5, 5.41) is 14.1. The molecule has 0 aliphatic rings. The number of ether oxygens (including phenoxy) is 1. The fourth-order valence-corrected chi connectivity index (χ4v) is 3.04. The maximum Gasteiger partial charge on any atom is 0.291 e. The Hall–Kier alpha value is -3.57. The number of benzene rings is 2. The van der Waals surface area contributed by atoms with Crippen LogP contribution < -0.4 is 15.4 Å². The third kappa shape index (κ3) is 7.01. The van der Waals surface area contributed by atoms with Crippen LogP contribution >= 0.6 is 15.9 Å². The summed E-state index contributed by atoms with van der Waals surface area (Å²) in [6.45, 7) is 0.449. The van der Waals surface area contributed by atoms with Gasteiger partial charge in [-0.2, -0.15) is 5.26 Å². The van der Waals surface area contributed by atoms with E-state index in [-0.39, 0.29) is 24.0 Å². The lowest BCUT2D eigenvalue weighted by Crippen LogP contribution is -2.14. The summed E-state index contributed by atoms with van der Waals surface area (Å²) in [6.07, 6.45) is 1.29. The molecule has 2 aromatic carbocycles. The van der Waals surface area contributed by atoms with Crippen molar-refractivity contribution in [2.24, 2.45) is 0 Å². The van der Waals surface area contributed by atoms with Crippen molar-refractivity contribution in [2.45, 2.75) is 19.3 Å². The number of hydrogen-bond acceptors (Lipinski definition) is 5. The van der Waals surface area contributed by atoms with Gasteiger partial charge >= 0.3 is 0 Å². The number of unbranched alkanes of at least 4 members (excludes halogenated alkanes) is 1. The topological polar surface area (TPSA) is 104 Å². The number of rotatable bonds is 9. The quantitative estimate of drug-likeness (QED) is 0.410. The van der Waals surface area contributed by atoms with Gasteiger partial charge in [-0.25, -0.2) is 0 Å². The molecule has 0 radical (unpaired) electrons.